The molecular formula is C14H17NO2S. The van der Waals surface area contributed by atoms with E-state index < -0.39 is 5.97 Å². The second kappa shape index (κ2) is 4.92. The van der Waals surface area contributed by atoms with Crippen LogP contribution in [-0.2, 0) is 12.2 Å². The van der Waals surface area contributed by atoms with Crippen molar-refractivity contribution in [3.05, 3.63) is 28.6 Å². The zero-order valence-electron chi connectivity index (χ0n) is 10.3. The molecule has 0 unspecified atom stereocenters. The van der Waals surface area contributed by atoms with E-state index in [9.17, 15) is 9.90 Å². The standard InChI is InChI=1S/C14H17NO2S/c16-14(17)10-7-13(9-3-1-2-4-9)15-12-5-6-18-8-11(10)12/h7,9H,1-6,8H2,(H,16,17). The van der Waals surface area contributed by atoms with E-state index >= 15 is 0 Å². The lowest BCUT2D eigenvalue weighted by molar-refractivity contribution is 0.0695. The summed E-state index contributed by atoms with van der Waals surface area (Å²) in [5.74, 6) is 1.56. The Balaban J connectivity index is 2.05. The van der Waals surface area contributed by atoms with Crippen molar-refractivity contribution in [3.8, 4) is 0 Å². The van der Waals surface area contributed by atoms with E-state index in [-0.39, 0.29) is 0 Å². The van der Waals surface area contributed by atoms with Crippen molar-refractivity contribution in [2.75, 3.05) is 5.75 Å². The molecule has 18 heavy (non-hydrogen) atoms. The van der Waals surface area contributed by atoms with Crippen molar-refractivity contribution in [1.82, 2.24) is 4.98 Å². The maximum absolute atomic E-state index is 11.4. The van der Waals surface area contributed by atoms with Crippen molar-refractivity contribution in [1.29, 1.82) is 0 Å². The quantitative estimate of drug-likeness (QED) is 0.890. The Hall–Kier alpha value is -1.03. The highest BCUT2D eigenvalue weighted by Crippen LogP contribution is 2.36. The second-order valence-corrected chi connectivity index (χ2v) is 6.21. The number of hydrogen-bond donors (Lipinski definition) is 1. The number of pyridine rings is 1. The molecule has 3 rings (SSSR count). The average Bonchev–Trinajstić information content (AvgIpc) is 2.91. The number of carbonyl (C=O) groups is 1. The summed E-state index contributed by atoms with van der Waals surface area (Å²) in [6, 6.07) is 1.84. The molecular weight excluding hydrogens is 246 g/mol. The van der Waals surface area contributed by atoms with Gasteiger partial charge in [-0.2, -0.15) is 11.8 Å². The van der Waals surface area contributed by atoms with Gasteiger partial charge in [0.15, 0.2) is 0 Å². The van der Waals surface area contributed by atoms with Crippen LogP contribution in [0.2, 0.25) is 0 Å². The normalized spacial score (nSPS) is 19.8. The molecule has 1 aromatic heterocycles. The third kappa shape index (κ3) is 2.14. The maximum atomic E-state index is 11.4. The highest BCUT2D eigenvalue weighted by molar-refractivity contribution is 7.98. The van der Waals surface area contributed by atoms with Gasteiger partial charge >= 0.3 is 5.97 Å². The minimum atomic E-state index is -0.796. The summed E-state index contributed by atoms with van der Waals surface area (Å²) in [5, 5.41) is 9.37. The van der Waals surface area contributed by atoms with Crippen molar-refractivity contribution in [3.63, 3.8) is 0 Å². The molecule has 1 aromatic rings. The smallest absolute Gasteiger partial charge is 0.336 e. The highest BCUT2D eigenvalue weighted by Gasteiger charge is 2.25. The molecule has 3 nitrogen and oxygen atoms in total. The zero-order chi connectivity index (χ0) is 12.5. The Morgan fingerprint density at radius 3 is 2.89 bits per heavy atom. The number of aromatic carboxylic acids is 1. The van der Waals surface area contributed by atoms with Gasteiger partial charge in [-0.15, -0.1) is 0 Å². The molecule has 0 spiro atoms. The van der Waals surface area contributed by atoms with Crippen molar-refractivity contribution in [2.45, 2.75) is 43.8 Å². The topological polar surface area (TPSA) is 50.2 Å². The Bertz CT molecular complexity index is 481. The van der Waals surface area contributed by atoms with Gasteiger partial charge in [0.2, 0.25) is 0 Å². The summed E-state index contributed by atoms with van der Waals surface area (Å²) < 4.78 is 0. The lowest BCUT2D eigenvalue weighted by Crippen LogP contribution is -2.14. The number of hydrogen-bond acceptors (Lipinski definition) is 3. The Labute approximate surface area is 111 Å². The van der Waals surface area contributed by atoms with Crippen molar-refractivity contribution in [2.24, 2.45) is 0 Å². The van der Waals surface area contributed by atoms with Crippen LogP contribution in [0, 0.1) is 0 Å². The Kier molecular flexibility index (Phi) is 3.29. The minimum absolute atomic E-state index is 0.489. The van der Waals surface area contributed by atoms with E-state index in [1.54, 1.807) is 11.8 Å². The number of fused-ring (bicyclic) bond motifs is 1. The first-order valence-electron chi connectivity index (χ1n) is 6.59. The maximum Gasteiger partial charge on any atom is 0.336 e. The molecule has 1 aliphatic carbocycles. The van der Waals surface area contributed by atoms with Crippen LogP contribution in [0.1, 0.15) is 58.9 Å². The van der Waals surface area contributed by atoms with E-state index in [0.29, 0.717) is 11.5 Å². The van der Waals surface area contributed by atoms with Gasteiger partial charge in [0, 0.05) is 23.1 Å². The largest absolute Gasteiger partial charge is 0.478 e. The first-order valence-corrected chi connectivity index (χ1v) is 7.75. The number of nitrogens with zero attached hydrogens (tertiary/aromatic N) is 1. The van der Waals surface area contributed by atoms with E-state index in [1.165, 1.54) is 25.7 Å². The number of aryl methyl sites for hydroxylation is 1. The lowest BCUT2D eigenvalue weighted by atomic mass is 9.97. The van der Waals surface area contributed by atoms with Crippen LogP contribution in [0.25, 0.3) is 0 Å². The van der Waals surface area contributed by atoms with Crippen LogP contribution in [-0.4, -0.2) is 21.8 Å². The van der Waals surface area contributed by atoms with Crippen molar-refractivity contribution < 1.29 is 9.90 Å². The zero-order valence-corrected chi connectivity index (χ0v) is 11.1. The summed E-state index contributed by atoms with van der Waals surface area (Å²) in [7, 11) is 0. The number of thioether (sulfide) groups is 1. The summed E-state index contributed by atoms with van der Waals surface area (Å²) in [6.45, 7) is 0. The van der Waals surface area contributed by atoms with E-state index in [1.807, 2.05) is 6.07 Å². The molecule has 0 bridgehead atoms. The fraction of sp³-hybridized carbons (Fsp3) is 0.571. The molecule has 2 aliphatic rings. The Morgan fingerprint density at radius 2 is 2.17 bits per heavy atom. The van der Waals surface area contributed by atoms with Gasteiger partial charge in [-0.3, -0.25) is 4.98 Å². The lowest BCUT2D eigenvalue weighted by Gasteiger charge is -2.20. The average molecular weight is 263 g/mol. The number of carboxylic acid groups (broad SMARTS) is 1. The first-order chi connectivity index (χ1) is 8.75. The van der Waals surface area contributed by atoms with Gasteiger partial charge in [-0.25, -0.2) is 4.79 Å². The van der Waals surface area contributed by atoms with E-state index in [4.69, 9.17) is 4.98 Å². The highest BCUT2D eigenvalue weighted by atomic mass is 32.2. The number of rotatable bonds is 2. The summed E-state index contributed by atoms with van der Waals surface area (Å²) in [4.78, 5) is 16.2. The van der Waals surface area contributed by atoms with Crippen LogP contribution < -0.4 is 0 Å². The molecule has 96 valence electrons. The SMILES string of the molecule is O=C(O)c1cc(C2CCCC2)nc2c1CSCC2. The number of aromatic nitrogens is 1. The van der Waals surface area contributed by atoms with Gasteiger partial charge < -0.3 is 5.11 Å². The minimum Gasteiger partial charge on any atom is -0.478 e. The van der Waals surface area contributed by atoms with Gasteiger partial charge in [-0.05, 0) is 36.6 Å². The van der Waals surface area contributed by atoms with Gasteiger partial charge in [0.25, 0.3) is 0 Å². The van der Waals surface area contributed by atoms with E-state index in [0.717, 1.165) is 34.9 Å². The predicted molar refractivity (Wildman–Crippen MR) is 72.3 cm³/mol. The molecule has 0 radical (unpaired) electrons. The molecule has 0 amide bonds. The summed E-state index contributed by atoms with van der Waals surface area (Å²) >= 11 is 1.80. The van der Waals surface area contributed by atoms with Gasteiger partial charge in [-0.1, -0.05) is 12.8 Å². The monoisotopic (exact) mass is 263 g/mol. The predicted octanol–water partition coefficient (Wildman–Crippen LogP) is 3.23. The van der Waals surface area contributed by atoms with Crippen LogP contribution in [0.5, 0.6) is 0 Å². The van der Waals surface area contributed by atoms with Gasteiger partial charge in [0.1, 0.15) is 0 Å². The molecule has 1 saturated carbocycles. The third-order valence-electron chi connectivity index (χ3n) is 3.96. The van der Waals surface area contributed by atoms with Crippen molar-refractivity contribution >= 4 is 17.7 Å². The first kappa shape index (κ1) is 12.0. The summed E-state index contributed by atoms with van der Waals surface area (Å²) in [6.07, 6.45) is 5.75. The fourth-order valence-electron chi connectivity index (χ4n) is 2.98. The molecule has 4 heteroatoms. The van der Waals surface area contributed by atoms with Crippen LogP contribution in [0.15, 0.2) is 6.07 Å². The van der Waals surface area contributed by atoms with Crippen LogP contribution in [0.3, 0.4) is 0 Å². The second-order valence-electron chi connectivity index (χ2n) is 5.11. The molecule has 2 heterocycles. The molecule has 1 aliphatic heterocycles. The molecule has 0 aromatic carbocycles. The van der Waals surface area contributed by atoms with Crippen LogP contribution >= 0.6 is 11.8 Å². The van der Waals surface area contributed by atoms with E-state index in [2.05, 4.69) is 0 Å². The fourth-order valence-corrected chi connectivity index (χ4v) is 3.99. The molecule has 1 fully saturated rings. The number of carboxylic acids is 1. The molecule has 0 saturated heterocycles. The third-order valence-corrected chi connectivity index (χ3v) is 4.95. The Morgan fingerprint density at radius 1 is 1.39 bits per heavy atom. The summed E-state index contributed by atoms with van der Waals surface area (Å²) in [5.41, 5.74) is 3.51. The molecule has 0 atom stereocenters. The molecule has 1 N–H and O–H groups in total. The van der Waals surface area contributed by atoms with Crippen LogP contribution in [0.4, 0.5) is 0 Å². The van der Waals surface area contributed by atoms with Gasteiger partial charge in [0.05, 0.1) is 5.56 Å².